The Hall–Kier alpha value is -2.64. The van der Waals surface area contributed by atoms with Crippen molar-refractivity contribution in [2.24, 2.45) is 5.14 Å². The summed E-state index contributed by atoms with van der Waals surface area (Å²) in [5.74, 6) is -0.333. The molecule has 1 aliphatic rings. The normalized spacial score (nSPS) is 15.2. The van der Waals surface area contributed by atoms with E-state index in [0.717, 1.165) is 29.8 Å². The van der Waals surface area contributed by atoms with E-state index < -0.39 is 10.0 Å². The molecule has 160 valence electrons. The maximum absolute atomic E-state index is 12.4. The van der Waals surface area contributed by atoms with Gasteiger partial charge in [-0.3, -0.25) is 4.79 Å². The molecule has 1 saturated heterocycles. The molecule has 1 aliphatic heterocycles. The highest BCUT2D eigenvalue weighted by molar-refractivity contribution is 7.89. The second-order valence-electron chi connectivity index (χ2n) is 7.77. The van der Waals surface area contributed by atoms with Gasteiger partial charge >= 0.3 is 0 Å². The summed E-state index contributed by atoms with van der Waals surface area (Å²) in [6.07, 6.45) is 8.24. The Labute approximate surface area is 178 Å². The lowest BCUT2D eigenvalue weighted by molar-refractivity contribution is -0.111. The topological polar surface area (TPSA) is 92.5 Å². The monoisotopic (exact) mass is 427 g/mol. The molecule has 3 N–H and O–H groups in total. The molecule has 1 heterocycles. The van der Waals surface area contributed by atoms with Gasteiger partial charge in [-0.25, -0.2) is 13.6 Å². The summed E-state index contributed by atoms with van der Waals surface area (Å²) in [7, 11) is -3.84. The molecule has 0 aromatic heterocycles. The molecule has 0 bridgehead atoms. The lowest BCUT2D eigenvalue weighted by Crippen LogP contribution is -2.23. The SMILES string of the molecule is Cc1cc(S(N)(=O)=O)cc(NC(=O)/C=C/c2ccc(N3CCCCCC3)cc2)c1C. The second kappa shape index (κ2) is 9.45. The van der Waals surface area contributed by atoms with E-state index in [2.05, 4.69) is 22.3 Å². The number of carbonyl (C=O) groups is 1. The molecule has 2 aromatic rings. The third-order valence-electron chi connectivity index (χ3n) is 5.52. The highest BCUT2D eigenvalue weighted by atomic mass is 32.2. The molecule has 0 radical (unpaired) electrons. The van der Waals surface area contributed by atoms with Crippen molar-refractivity contribution in [1.29, 1.82) is 0 Å². The number of rotatable bonds is 5. The number of sulfonamides is 1. The van der Waals surface area contributed by atoms with Crippen molar-refractivity contribution in [2.45, 2.75) is 44.4 Å². The van der Waals surface area contributed by atoms with Crippen molar-refractivity contribution in [1.82, 2.24) is 0 Å². The smallest absolute Gasteiger partial charge is 0.248 e. The van der Waals surface area contributed by atoms with Gasteiger partial charge in [0.25, 0.3) is 0 Å². The van der Waals surface area contributed by atoms with E-state index >= 15 is 0 Å². The van der Waals surface area contributed by atoms with E-state index in [0.29, 0.717) is 5.69 Å². The van der Waals surface area contributed by atoms with Crippen molar-refractivity contribution in [2.75, 3.05) is 23.3 Å². The van der Waals surface area contributed by atoms with Crippen molar-refractivity contribution < 1.29 is 13.2 Å². The number of nitrogens with zero attached hydrogens (tertiary/aromatic N) is 1. The van der Waals surface area contributed by atoms with Crippen molar-refractivity contribution >= 4 is 33.4 Å². The lowest BCUT2D eigenvalue weighted by atomic mass is 10.1. The first-order valence-corrected chi connectivity index (χ1v) is 11.8. The Kier molecular flexibility index (Phi) is 6.95. The summed E-state index contributed by atoms with van der Waals surface area (Å²) in [6.45, 7) is 5.78. The lowest BCUT2D eigenvalue weighted by Gasteiger charge is -2.22. The predicted molar refractivity (Wildman–Crippen MR) is 122 cm³/mol. The number of aryl methyl sites for hydroxylation is 1. The zero-order chi connectivity index (χ0) is 21.7. The Morgan fingerprint density at radius 3 is 2.27 bits per heavy atom. The Morgan fingerprint density at radius 2 is 1.67 bits per heavy atom. The van der Waals surface area contributed by atoms with E-state index in [1.54, 1.807) is 13.0 Å². The number of carbonyl (C=O) groups excluding carboxylic acids is 1. The Bertz CT molecular complexity index is 1040. The Balaban J connectivity index is 1.68. The first-order chi connectivity index (χ1) is 14.2. The molecular weight excluding hydrogens is 398 g/mol. The molecule has 0 atom stereocenters. The maximum atomic E-state index is 12.4. The maximum Gasteiger partial charge on any atom is 0.248 e. The highest BCUT2D eigenvalue weighted by Crippen LogP contribution is 2.24. The number of hydrogen-bond donors (Lipinski definition) is 2. The van der Waals surface area contributed by atoms with Crippen LogP contribution in [0.25, 0.3) is 6.08 Å². The van der Waals surface area contributed by atoms with Crippen LogP contribution in [0, 0.1) is 13.8 Å². The first-order valence-electron chi connectivity index (χ1n) is 10.2. The van der Waals surface area contributed by atoms with E-state index in [-0.39, 0.29) is 10.8 Å². The number of hydrogen-bond acceptors (Lipinski definition) is 4. The van der Waals surface area contributed by atoms with Gasteiger partial charge in [0.2, 0.25) is 15.9 Å². The molecule has 0 unspecified atom stereocenters. The van der Waals surface area contributed by atoms with Crippen LogP contribution in [0.3, 0.4) is 0 Å². The molecule has 3 rings (SSSR count). The molecule has 30 heavy (non-hydrogen) atoms. The summed E-state index contributed by atoms with van der Waals surface area (Å²) in [6, 6.07) is 11.1. The van der Waals surface area contributed by atoms with E-state index in [1.165, 1.54) is 49.6 Å². The van der Waals surface area contributed by atoms with Crippen molar-refractivity contribution in [3.05, 3.63) is 59.2 Å². The van der Waals surface area contributed by atoms with Crippen molar-refractivity contribution in [3.63, 3.8) is 0 Å². The minimum Gasteiger partial charge on any atom is -0.372 e. The number of nitrogens with two attached hydrogens (primary N) is 1. The molecule has 7 heteroatoms. The summed E-state index contributed by atoms with van der Waals surface area (Å²) < 4.78 is 23.3. The minimum atomic E-state index is -3.84. The van der Waals surface area contributed by atoms with E-state index in [9.17, 15) is 13.2 Å². The van der Waals surface area contributed by atoms with Crippen molar-refractivity contribution in [3.8, 4) is 0 Å². The molecule has 1 fully saturated rings. The van der Waals surface area contributed by atoms with Gasteiger partial charge in [-0.15, -0.1) is 0 Å². The van der Waals surface area contributed by atoms with Gasteiger partial charge in [-0.05, 0) is 73.7 Å². The summed E-state index contributed by atoms with van der Waals surface area (Å²) in [5.41, 5.74) is 4.11. The van der Waals surface area contributed by atoms with Gasteiger partial charge in [0.1, 0.15) is 0 Å². The minimum absolute atomic E-state index is 0.0195. The van der Waals surface area contributed by atoms with Gasteiger partial charge in [0.15, 0.2) is 0 Å². The van der Waals surface area contributed by atoms with Gasteiger partial charge in [-0.2, -0.15) is 0 Å². The third-order valence-corrected chi connectivity index (χ3v) is 6.41. The Morgan fingerprint density at radius 1 is 1.03 bits per heavy atom. The molecule has 6 nitrogen and oxygen atoms in total. The van der Waals surface area contributed by atoms with Crippen LogP contribution >= 0.6 is 0 Å². The van der Waals surface area contributed by atoms with Crippen LogP contribution in [-0.4, -0.2) is 27.4 Å². The number of amides is 1. The molecular formula is C23H29N3O3S. The third kappa shape index (κ3) is 5.70. The van der Waals surface area contributed by atoms with Gasteiger partial charge in [0, 0.05) is 30.5 Å². The fourth-order valence-corrected chi connectivity index (χ4v) is 4.21. The molecule has 0 spiro atoms. The van der Waals surface area contributed by atoms with Crippen LogP contribution < -0.4 is 15.4 Å². The van der Waals surface area contributed by atoms with Crippen LogP contribution in [0.15, 0.2) is 47.4 Å². The zero-order valence-corrected chi connectivity index (χ0v) is 18.3. The van der Waals surface area contributed by atoms with Crippen LogP contribution in [0.1, 0.15) is 42.4 Å². The molecule has 0 saturated carbocycles. The predicted octanol–water partition coefficient (Wildman–Crippen LogP) is 3.98. The van der Waals surface area contributed by atoms with Crippen LogP contribution in [0.4, 0.5) is 11.4 Å². The standard InChI is InChI=1S/C23H29N3O3S/c1-17-15-21(30(24,28)29)16-22(18(17)2)25-23(27)12-9-19-7-10-20(11-8-19)26-13-5-3-4-6-14-26/h7-12,15-16H,3-6,13-14H2,1-2H3,(H,25,27)(H2,24,28,29)/b12-9+. The number of primary sulfonamides is 1. The molecule has 1 amide bonds. The molecule has 0 aliphatic carbocycles. The highest BCUT2D eigenvalue weighted by Gasteiger charge is 2.14. The average Bonchev–Trinajstić information content (AvgIpc) is 2.99. The summed E-state index contributed by atoms with van der Waals surface area (Å²) >= 11 is 0. The van der Waals surface area contributed by atoms with Crippen LogP contribution in [-0.2, 0) is 14.8 Å². The fraction of sp³-hybridized carbons (Fsp3) is 0.348. The summed E-state index contributed by atoms with van der Waals surface area (Å²) in [4.78, 5) is 14.8. The van der Waals surface area contributed by atoms with Gasteiger partial charge in [-0.1, -0.05) is 25.0 Å². The second-order valence-corrected chi connectivity index (χ2v) is 9.33. The molecule has 2 aromatic carbocycles. The fourth-order valence-electron chi connectivity index (χ4n) is 3.59. The van der Waals surface area contributed by atoms with Crippen LogP contribution in [0.5, 0.6) is 0 Å². The largest absolute Gasteiger partial charge is 0.372 e. The van der Waals surface area contributed by atoms with Gasteiger partial charge < -0.3 is 10.2 Å². The quantitative estimate of drug-likeness (QED) is 0.706. The van der Waals surface area contributed by atoms with E-state index in [1.807, 2.05) is 19.1 Å². The van der Waals surface area contributed by atoms with Gasteiger partial charge in [0.05, 0.1) is 4.90 Å². The number of anilines is 2. The number of nitrogens with one attached hydrogen (secondary N) is 1. The van der Waals surface area contributed by atoms with Crippen LogP contribution in [0.2, 0.25) is 0 Å². The number of benzene rings is 2. The summed E-state index contributed by atoms with van der Waals surface area (Å²) in [5, 5.41) is 7.98. The average molecular weight is 428 g/mol. The first kappa shape index (κ1) is 22.1. The zero-order valence-electron chi connectivity index (χ0n) is 17.5. The van der Waals surface area contributed by atoms with E-state index in [4.69, 9.17) is 5.14 Å².